The Morgan fingerprint density at radius 3 is 1.73 bits per heavy atom. The van der Waals surface area contributed by atoms with Crippen LogP contribution in [0, 0.1) is 0 Å². The van der Waals surface area contributed by atoms with Crippen molar-refractivity contribution in [3.8, 4) is 0 Å². The Morgan fingerprint density at radius 1 is 0.867 bits per heavy atom. The maximum absolute atomic E-state index is 12.1. The first-order valence-corrected chi connectivity index (χ1v) is 10.2. The predicted octanol–water partition coefficient (Wildman–Crippen LogP) is -5.52. The Balaban J connectivity index is -0.00000364. The van der Waals surface area contributed by atoms with Crippen molar-refractivity contribution in [3.05, 3.63) is 0 Å². The van der Waals surface area contributed by atoms with Gasteiger partial charge in [-0.2, -0.15) is 0 Å². The molecule has 0 aromatic carbocycles. The molecule has 8 nitrogen and oxygen atoms in total. The van der Waals surface area contributed by atoms with Gasteiger partial charge in [0.15, 0.2) is 6.10 Å². The molecule has 0 aliphatic heterocycles. The smallest absolute Gasteiger partial charge is 0.550 e. The van der Waals surface area contributed by atoms with E-state index in [-0.39, 0.29) is 72.3 Å². The largest absolute Gasteiger partial charge is 1.00 e. The molecule has 0 saturated heterocycles. The molecule has 1 N–H and O–H groups in total. The molecule has 0 aromatic heterocycles. The summed E-state index contributed by atoms with van der Waals surface area (Å²) in [4.78, 5) is 34.1. The second-order valence-corrected chi connectivity index (χ2v) is 6.95. The molecule has 10 heteroatoms. The van der Waals surface area contributed by atoms with Gasteiger partial charge in [-0.3, -0.25) is 0 Å². The average molecular weight is 448 g/mol. The van der Waals surface area contributed by atoms with Crippen molar-refractivity contribution < 1.29 is 98.3 Å². The molecule has 0 aromatic rings. The number of aliphatic hydroxyl groups is 1. The van der Waals surface area contributed by atoms with Crippen LogP contribution < -0.4 is 69.3 Å². The van der Waals surface area contributed by atoms with Crippen LogP contribution in [-0.2, 0) is 23.9 Å². The third-order valence-electron chi connectivity index (χ3n) is 4.49. The molecular weight excluding hydrogens is 414 g/mol. The molecule has 0 saturated carbocycles. The van der Waals surface area contributed by atoms with Gasteiger partial charge in [0.25, 0.3) is 0 Å². The van der Waals surface area contributed by atoms with Gasteiger partial charge in [0.1, 0.15) is 5.60 Å². The van der Waals surface area contributed by atoms with Gasteiger partial charge in [-0.05, 0) is 13.3 Å². The van der Waals surface area contributed by atoms with Crippen molar-refractivity contribution in [1.29, 1.82) is 0 Å². The molecule has 0 amide bonds. The first-order valence-electron chi connectivity index (χ1n) is 10.2. The van der Waals surface area contributed by atoms with E-state index in [1.165, 1.54) is 45.4 Å². The molecule has 0 bridgehead atoms. The third kappa shape index (κ3) is 15.2. The van der Waals surface area contributed by atoms with Crippen molar-refractivity contribution in [2.75, 3.05) is 13.2 Å². The van der Waals surface area contributed by atoms with Crippen LogP contribution in [0.1, 0.15) is 84.5 Å². The van der Waals surface area contributed by atoms with Crippen LogP contribution in [-0.4, -0.2) is 47.9 Å². The number of unbranched alkanes of at least 4 members (excludes halogenated alkanes) is 9. The molecule has 0 aliphatic rings. The van der Waals surface area contributed by atoms with Crippen molar-refractivity contribution in [1.82, 2.24) is 0 Å². The number of carbonyl (C=O) groups is 3. The summed E-state index contributed by atoms with van der Waals surface area (Å²) in [6.07, 6.45) is 7.68. The first kappa shape index (κ1) is 34.9. The third-order valence-corrected chi connectivity index (χ3v) is 4.49. The molecule has 0 aliphatic carbocycles. The number of hydrogen-bond donors (Lipinski definition) is 1. The van der Waals surface area contributed by atoms with E-state index in [1.54, 1.807) is 0 Å². The first-order chi connectivity index (χ1) is 13.3. The molecule has 164 valence electrons. The Morgan fingerprint density at radius 2 is 1.33 bits per heavy atom. The number of aliphatic carboxylic acids is 2. The van der Waals surface area contributed by atoms with Crippen molar-refractivity contribution >= 4 is 17.9 Å². The second-order valence-electron chi connectivity index (χ2n) is 6.95. The Kier molecular flexibility index (Phi) is 24.7. The molecule has 0 heterocycles. The summed E-state index contributed by atoms with van der Waals surface area (Å²) in [6.45, 7) is 3.57. The normalized spacial score (nSPS) is 13.3. The summed E-state index contributed by atoms with van der Waals surface area (Å²) in [6, 6.07) is 0. The second kappa shape index (κ2) is 21.2. The van der Waals surface area contributed by atoms with Gasteiger partial charge in [-0.15, -0.1) is 0 Å². The van der Waals surface area contributed by atoms with E-state index in [4.69, 9.17) is 9.47 Å². The molecule has 0 spiro atoms. The predicted molar refractivity (Wildman–Crippen MR) is 97.8 cm³/mol. The zero-order valence-corrected chi connectivity index (χ0v) is 23.1. The zero-order valence-electron chi connectivity index (χ0n) is 19.1. The number of hydrogen-bond acceptors (Lipinski definition) is 8. The summed E-state index contributed by atoms with van der Waals surface area (Å²) < 4.78 is 9.92. The summed E-state index contributed by atoms with van der Waals surface area (Å²) in [7, 11) is 0. The molecule has 0 fully saturated rings. The van der Waals surface area contributed by atoms with Gasteiger partial charge in [0.2, 0.25) is 0 Å². The number of ether oxygens (including phenoxy) is 2. The fourth-order valence-corrected chi connectivity index (χ4v) is 2.90. The SMILES string of the molecule is CCCCCCCCCCCCOC(=O)C(OCC)C(O)(CC(=O)[O-])C(=O)[O-].[Na+].[Na+]. The number of rotatable bonds is 18. The average Bonchev–Trinajstić information content (AvgIpc) is 2.63. The quantitative estimate of drug-likeness (QED) is 0.125. The van der Waals surface area contributed by atoms with Crippen LogP contribution in [0.25, 0.3) is 0 Å². The van der Waals surface area contributed by atoms with Crippen LogP contribution in [0.15, 0.2) is 0 Å². The number of esters is 1. The van der Waals surface area contributed by atoms with E-state index < -0.39 is 36.0 Å². The fourth-order valence-electron chi connectivity index (χ4n) is 2.90. The molecule has 0 radical (unpaired) electrons. The van der Waals surface area contributed by atoms with E-state index in [0.717, 1.165) is 19.3 Å². The van der Waals surface area contributed by atoms with Gasteiger partial charge in [-0.25, -0.2) is 4.79 Å². The molecular formula is C20H34Na2O8. The standard InChI is InChI=1S/C20H36O8.2Na/c1-3-5-6-7-8-9-10-11-12-13-14-28-18(23)17(27-4-2)20(26,19(24)25)15-16(21)22;;/h17,26H,3-15H2,1-2H3,(H,21,22)(H,24,25);;/q;2*+1/p-2. The summed E-state index contributed by atoms with van der Waals surface area (Å²) >= 11 is 0. The monoisotopic (exact) mass is 448 g/mol. The number of carbonyl (C=O) groups excluding carboxylic acids is 3. The van der Waals surface area contributed by atoms with Crippen LogP contribution in [0.5, 0.6) is 0 Å². The van der Waals surface area contributed by atoms with E-state index >= 15 is 0 Å². The maximum Gasteiger partial charge on any atom is 1.00 e. The minimum absolute atomic E-state index is 0. The van der Waals surface area contributed by atoms with Crippen LogP contribution >= 0.6 is 0 Å². The molecule has 2 unspecified atom stereocenters. The summed E-state index contributed by atoms with van der Waals surface area (Å²) in [5, 5.41) is 32.0. The van der Waals surface area contributed by atoms with Gasteiger partial charge in [-0.1, -0.05) is 64.7 Å². The molecule has 0 rings (SSSR count). The van der Waals surface area contributed by atoms with Gasteiger partial charge in [0.05, 0.1) is 12.6 Å². The maximum atomic E-state index is 12.1. The summed E-state index contributed by atoms with van der Waals surface area (Å²) in [5.74, 6) is -5.12. The minimum atomic E-state index is -3.05. The Bertz CT molecular complexity index is 476. The van der Waals surface area contributed by atoms with Gasteiger partial charge < -0.3 is 34.4 Å². The van der Waals surface area contributed by atoms with Crippen LogP contribution in [0.2, 0.25) is 0 Å². The van der Waals surface area contributed by atoms with Crippen molar-refractivity contribution in [3.63, 3.8) is 0 Å². The number of carboxylic acids is 2. The fraction of sp³-hybridized carbons (Fsp3) is 0.850. The Hall–Kier alpha value is 0.330. The van der Waals surface area contributed by atoms with E-state index in [9.17, 15) is 29.7 Å². The number of carboxylic acid groups (broad SMARTS) is 2. The topological polar surface area (TPSA) is 136 Å². The van der Waals surface area contributed by atoms with Crippen molar-refractivity contribution in [2.45, 2.75) is 96.2 Å². The molecule has 2 atom stereocenters. The van der Waals surface area contributed by atoms with Gasteiger partial charge >= 0.3 is 65.1 Å². The van der Waals surface area contributed by atoms with E-state index in [1.807, 2.05) is 0 Å². The van der Waals surface area contributed by atoms with Gasteiger partial charge in [0, 0.05) is 19.0 Å². The molecule has 30 heavy (non-hydrogen) atoms. The summed E-state index contributed by atoms with van der Waals surface area (Å²) in [5.41, 5.74) is -3.05. The zero-order chi connectivity index (χ0) is 21.4. The van der Waals surface area contributed by atoms with Crippen LogP contribution in [0.4, 0.5) is 0 Å². The van der Waals surface area contributed by atoms with Crippen molar-refractivity contribution in [2.24, 2.45) is 0 Å². The Labute approximate surface area is 224 Å². The van der Waals surface area contributed by atoms with Crippen LogP contribution in [0.3, 0.4) is 0 Å². The van der Waals surface area contributed by atoms with E-state index in [0.29, 0.717) is 6.42 Å². The minimum Gasteiger partial charge on any atom is -0.550 e. The van der Waals surface area contributed by atoms with E-state index in [2.05, 4.69) is 6.92 Å².